The van der Waals surface area contributed by atoms with Crippen molar-refractivity contribution in [2.75, 3.05) is 25.6 Å². The lowest BCUT2D eigenvalue weighted by Crippen LogP contribution is -2.48. The maximum absolute atomic E-state index is 16.2. The number of anilines is 1. The Balaban J connectivity index is 2.03. The Morgan fingerprint density at radius 3 is 2.42 bits per heavy atom. The second-order valence-electron chi connectivity index (χ2n) is 13.2. The largest absolute Gasteiger partial charge is 0.496 e. The summed E-state index contributed by atoms with van der Waals surface area (Å²) in [5, 5.41) is 33.1. The van der Waals surface area contributed by atoms with Crippen LogP contribution in [0.1, 0.15) is 73.9 Å². The molecule has 0 radical (unpaired) electrons. The summed E-state index contributed by atoms with van der Waals surface area (Å²) in [5.41, 5.74) is -2.25. The number of carboxylic acids is 1. The van der Waals surface area contributed by atoms with Gasteiger partial charge in [-0.1, -0.05) is 62.2 Å². The van der Waals surface area contributed by atoms with Crippen LogP contribution in [0.2, 0.25) is 10.0 Å². The first kappa shape index (κ1) is 37.1. The molecule has 0 unspecified atom stereocenters. The fourth-order valence-electron chi connectivity index (χ4n) is 6.86. The highest BCUT2D eigenvalue weighted by Gasteiger charge is 2.64. The van der Waals surface area contributed by atoms with Crippen molar-refractivity contribution in [3.05, 3.63) is 93.0 Å². The van der Waals surface area contributed by atoms with Gasteiger partial charge in [0.15, 0.2) is 0 Å². The maximum Gasteiger partial charge on any atom is 0.339 e. The number of nitrogens with one attached hydrogen (secondary N) is 1. The molecular formula is C36H39Cl2F2N3O5. The molecule has 4 rings (SSSR count). The van der Waals surface area contributed by atoms with Crippen LogP contribution in [0, 0.1) is 28.4 Å². The number of amides is 1. The number of nitriles is 1. The Morgan fingerprint density at radius 2 is 1.81 bits per heavy atom. The topological polar surface area (TPSA) is 123 Å². The number of ether oxygens (including phenoxy) is 1. The highest BCUT2D eigenvalue weighted by molar-refractivity contribution is 6.31. The number of nitrogens with zero attached hydrogens (tertiary/aromatic N) is 2. The minimum absolute atomic E-state index is 0.00485. The van der Waals surface area contributed by atoms with Crippen molar-refractivity contribution in [1.82, 2.24) is 4.90 Å². The fourth-order valence-corrected chi connectivity index (χ4v) is 7.20. The van der Waals surface area contributed by atoms with Gasteiger partial charge in [-0.25, -0.2) is 13.6 Å². The van der Waals surface area contributed by atoms with Crippen LogP contribution in [0.5, 0.6) is 5.75 Å². The van der Waals surface area contributed by atoms with E-state index in [1.165, 1.54) is 55.6 Å². The average molecular weight is 703 g/mol. The van der Waals surface area contributed by atoms with Gasteiger partial charge in [-0.05, 0) is 73.5 Å². The van der Waals surface area contributed by atoms with Gasteiger partial charge < -0.3 is 20.3 Å². The average Bonchev–Trinajstić information content (AvgIpc) is 3.28. The number of aliphatic hydroxyl groups is 1. The van der Waals surface area contributed by atoms with E-state index >= 15 is 8.78 Å². The Bertz CT molecular complexity index is 1710. The molecule has 1 saturated heterocycles. The van der Waals surface area contributed by atoms with E-state index in [1.54, 1.807) is 0 Å². The van der Waals surface area contributed by atoms with Gasteiger partial charge in [-0.2, -0.15) is 5.26 Å². The van der Waals surface area contributed by atoms with Crippen molar-refractivity contribution in [2.24, 2.45) is 5.41 Å². The first-order valence-corrected chi connectivity index (χ1v) is 16.3. The number of aromatic carboxylic acids is 1. The van der Waals surface area contributed by atoms with E-state index < -0.39 is 52.3 Å². The molecule has 1 amide bonds. The number of unbranched alkanes of at least 4 members (excludes halogenated alkanes) is 2. The first-order chi connectivity index (χ1) is 22.7. The third kappa shape index (κ3) is 7.45. The highest BCUT2D eigenvalue weighted by Crippen LogP contribution is 2.57. The van der Waals surface area contributed by atoms with Gasteiger partial charge >= 0.3 is 5.97 Å². The van der Waals surface area contributed by atoms with Gasteiger partial charge in [-0.3, -0.25) is 9.69 Å². The zero-order valence-electron chi connectivity index (χ0n) is 27.2. The van der Waals surface area contributed by atoms with E-state index in [0.717, 1.165) is 6.07 Å². The normalized spacial score (nSPS) is 21.1. The molecular weight excluding hydrogens is 663 g/mol. The zero-order chi connectivity index (χ0) is 35.4. The SMILES string of the molecule is COc1cc(NC(=O)[C@H]2[C@H](c3cccc(Cl)c3F)[C@@](C#N)(c3ccc(Cl)cc3F)[C@H](CC(C)(C)C)N2CCCCCO)ccc1C(=O)O. The van der Waals surface area contributed by atoms with Crippen LogP contribution >= 0.6 is 23.2 Å². The van der Waals surface area contributed by atoms with E-state index in [9.17, 15) is 25.1 Å². The molecule has 0 aliphatic carbocycles. The number of hydrogen-bond acceptors (Lipinski definition) is 6. The smallest absolute Gasteiger partial charge is 0.339 e. The molecule has 0 spiro atoms. The predicted octanol–water partition coefficient (Wildman–Crippen LogP) is 7.81. The molecule has 3 aromatic rings. The minimum Gasteiger partial charge on any atom is -0.496 e. The number of benzene rings is 3. The summed E-state index contributed by atoms with van der Waals surface area (Å²) in [5.74, 6) is -4.73. The molecule has 48 heavy (non-hydrogen) atoms. The van der Waals surface area contributed by atoms with Crippen molar-refractivity contribution in [3.63, 3.8) is 0 Å². The third-order valence-corrected chi connectivity index (χ3v) is 9.34. The quantitative estimate of drug-likeness (QED) is 0.165. The lowest BCUT2D eigenvalue weighted by molar-refractivity contribution is -0.121. The van der Waals surface area contributed by atoms with Crippen LogP contribution < -0.4 is 10.1 Å². The number of methoxy groups -OCH3 is 1. The van der Waals surface area contributed by atoms with Crippen molar-refractivity contribution in [3.8, 4) is 11.8 Å². The first-order valence-electron chi connectivity index (χ1n) is 15.6. The molecule has 3 aromatic carbocycles. The number of carbonyl (C=O) groups excluding carboxylic acids is 1. The number of hydrogen-bond donors (Lipinski definition) is 3. The molecule has 0 bridgehead atoms. The summed E-state index contributed by atoms with van der Waals surface area (Å²) in [6, 6.07) is 12.7. The van der Waals surface area contributed by atoms with Crippen molar-refractivity contribution in [2.45, 2.75) is 69.9 Å². The zero-order valence-corrected chi connectivity index (χ0v) is 28.7. The van der Waals surface area contributed by atoms with Gasteiger partial charge in [0.25, 0.3) is 0 Å². The van der Waals surface area contributed by atoms with Crippen LogP contribution in [-0.2, 0) is 10.2 Å². The minimum atomic E-state index is -1.82. The Labute approximate surface area is 289 Å². The van der Waals surface area contributed by atoms with Crippen LogP contribution in [0.3, 0.4) is 0 Å². The summed E-state index contributed by atoms with van der Waals surface area (Å²) in [7, 11) is 1.30. The molecule has 1 heterocycles. The number of halogens is 4. The summed E-state index contributed by atoms with van der Waals surface area (Å²) >= 11 is 12.5. The Kier molecular flexibility index (Phi) is 11.7. The van der Waals surface area contributed by atoms with Crippen molar-refractivity contribution in [1.29, 1.82) is 5.26 Å². The van der Waals surface area contributed by atoms with Gasteiger partial charge in [0, 0.05) is 40.9 Å². The Morgan fingerprint density at radius 1 is 1.08 bits per heavy atom. The molecule has 0 saturated carbocycles. The molecule has 3 N–H and O–H groups in total. The van der Waals surface area contributed by atoms with Crippen LogP contribution in [0.15, 0.2) is 54.6 Å². The van der Waals surface area contributed by atoms with Gasteiger partial charge in [0.05, 0.1) is 24.2 Å². The molecule has 8 nitrogen and oxygen atoms in total. The van der Waals surface area contributed by atoms with Crippen LogP contribution in [-0.4, -0.2) is 59.3 Å². The monoisotopic (exact) mass is 701 g/mol. The Hall–Kier alpha value is -3.75. The van der Waals surface area contributed by atoms with E-state index in [-0.39, 0.29) is 51.3 Å². The van der Waals surface area contributed by atoms with Gasteiger partial charge in [0.1, 0.15) is 28.4 Å². The van der Waals surface area contributed by atoms with Crippen molar-refractivity contribution < 1.29 is 33.3 Å². The number of aliphatic hydroxyl groups excluding tert-OH is 1. The van der Waals surface area contributed by atoms with Gasteiger partial charge in [0.2, 0.25) is 5.91 Å². The van der Waals surface area contributed by atoms with E-state index in [1.807, 2.05) is 25.7 Å². The van der Waals surface area contributed by atoms with Crippen LogP contribution in [0.4, 0.5) is 14.5 Å². The fraction of sp³-hybridized carbons (Fsp3) is 0.417. The lowest BCUT2D eigenvalue weighted by atomic mass is 9.62. The molecule has 1 aliphatic rings. The second kappa shape index (κ2) is 15.2. The summed E-state index contributed by atoms with van der Waals surface area (Å²) in [4.78, 5) is 28.2. The number of carboxylic acid groups (broad SMARTS) is 1. The summed E-state index contributed by atoms with van der Waals surface area (Å²) in [6.07, 6.45) is 1.93. The highest BCUT2D eigenvalue weighted by atomic mass is 35.5. The summed E-state index contributed by atoms with van der Waals surface area (Å²) in [6.45, 7) is 6.14. The van der Waals surface area contributed by atoms with Gasteiger partial charge in [-0.15, -0.1) is 0 Å². The molecule has 1 aliphatic heterocycles. The number of carbonyl (C=O) groups is 2. The standard InChI is InChI=1S/C36H39Cl2F2N3O5/c1-35(2,3)19-29-36(20-41,25-14-11-21(37)17-27(25)39)30(24-9-8-10-26(38)31(24)40)32(43(29)15-6-5-7-16-44)33(45)42-22-12-13-23(34(46)47)28(18-22)48-4/h8-14,17-18,29-30,32,44H,5-7,15-16,19H2,1-4H3,(H,42,45)(H,46,47)/t29-,30-,32+,36-/m0/s1. The summed E-state index contributed by atoms with van der Waals surface area (Å²) < 4.78 is 37.7. The lowest BCUT2D eigenvalue weighted by Gasteiger charge is -2.39. The molecule has 4 atom stereocenters. The van der Waals surface area contributed by atoms with Crippen molar-refractivity contribution >= 4 is 40.8 Å². The molecule has 12 heteroatoms. The van der Waals surface area contributed by atoms with E-state index in [2.05, 4.69) is 11.4 Å². The molecule has 1 fully saturated rings. The second-order valence-corrected chi connectivity index (χ2v) is 14.0. The number of rotatable bonds is 12. The maximum atomic E-state index is 16.2. The number of likely N-dealkylation sites (tertiary alicyclic amines) is 1. The molecule has 256 valence electrons. The van der Waals surface area contributed by atoms with Crippen LogP contribution in [0.25, 0.3) is 0 Å². The van der Waals surface area contributed by atoms with E-state index in [0.29, 0.717) is 25.7 Å². The molecule has 0 aromatic heterocycles. The third-order valence-electron chi connectivity index (χ3n) is 8.82. The van der Waals surface area contributed by atoms with E-state index in [4.69, 9.17) is 27.9 Å². The predicted molar refractivity (Wildman–Crippen MR) is 181 cm³/mol.